The summed E-state index contributed by atoms with van der Waals surface area (Å²) in [7, 11) is 3.20. The zero-order valence-electron chi connectivity index (χ0n) is 9.76. The van der Waals surface area contributed by atoms with Crippen molar-refractivity contribution in [3.05, 3.63) is 22.2 Å². The molecule has 0 radical (unpaired) electrons. The lowest BCUT2D eigenvalue weighted by Gasteiger charge is -2.19. The van der Waals surface area contributed by atoms with Gasteiger partial charge in [0.15, 0.2) is 0 Å². The first-order valence-electron chi connectivity index (χ1n) is 5.24. The molecule has 2 N–H and O–H groups in total. The average Bonchev–Trinajstić information content (AvgIpc) is 2.98. The second-order valence-electron chi connectivity index (χ2n) is 4.28. The molecule has 0 bridgehead atoms. The van der Waals surface area contributed by atoms with E-state index in [1.165, 1.54) is 0 Å². The predicted molar refractivity (Wildman–Crippen MR) is 64.4 cm³/mol. The molecule has 0 heterocycles. The molecule has 0 spiro atoms. The van der Waals surface area contributed by atoms with Crippen LogP contribution in [0, 0.1) is 6.92 Å². The molecule has 2 rings (SSSR count). The molecule has 4 heteroatoms. The van der Waals surface area contributed by atoms with E-state index in [0.717, 1.165) is 24.0 Å². The molecule has 1 aromatic rings. The molecular formula is C12H16ClNO2. The van der Waals surface area contributed by atoms with E-state index in [1.54, 1.807) is 14.2 Å². The highest BCUT2D eigenvalue weighted by Crippen LogP contribution is 2.51. The zero-order valence-corrected chi connectivity index (χ0v) is 10.5. The Morgan fingerprint density at radius 1 is 1.25 bits per heavy atom. The first-order valence-corrected chi connectivity index (χ1v) is 5.61. The van der Waals surface area contributed by atoms with E-state index < -0.39 is 0 Å². The number of hydrogen-bond donors (Lipinski definition) is 1. The average molecular weight is 242 g/mol. The van der Waals surface area contributed by atoms with Crippen molar-refractivity contribution in [3.8, 4) is 11.5 Å². The van der Waals surface area contributed by atoms with Crippen LogP contribution in [0.5, 0.6) is 11.5 Å². The summed E-state index contributed by atoms with van der Waals surface area (Å²) in [5.41, 5.74) is 7.91. The fraction of sp³-hybridized carbons (Fsp3) is 0.500. The van der Waals surface area contributed by atoms with Gasteiger partial charge in [-0.3, -0.25) is 0 Å². The maximum Gasteiger partial charge on any atom is 0.146 e. The molecule has 0 amide bonds. The molecule has 3 nitrogen and oxygen atoms in total. The topological polar surface area (TPSA) is 44.5 Å². The van der Waals surface area contributed by atoms with E-state index in [1.807, 2.05) is 13.0 Å². The third-order valence-electron chi connectivity index (χ3n) is 3.10. The summed E-state index contributed by atoms with van der Waals surface area (Å²) in [6.45, 7) is 1.96. The number of benzene rings is 1. The largest absolute Gasteiger partial charge is 0.495 e. The molecule has 0 atom stereocenters. The van der Waals surface area contributed by atoms with Gasteiger partial charge in [0, 0.05) is 11.1 Å². The lowest BCUT2D eigenvalue weighted by Crippen LogP contribution is -2.20. The minimum absolute atomic E-state index is 0.258. The molecule has 1 aliphatic rings. The van der Waals surface area contributed by atoms with Gasteiger partial charge in [-0.05, 0) is 31.4 Å². The van der Waals surface area contributed by atoms with E-state index in [-0.39, 0.29) is 5.54 Å². The van der Waals surface area contributed by atoms with Gasteiger partial charge in [0.2, 0.25) is 0 Å². The van der Waals surface area contributed by atoms with Crippen LogP contribution in [0.2, 0.25) is 5.02 Å². The van der Waals surface area contributed by atoms with E-state index in [0.29, 0.717) is 16.5 Å². The van der Waals surface area contributed by atoms with Crippen molar-refractivity contribution in [3.63, 3.8) is 0 Å². The minimum Gasteiger partial charge on any atom is -0.495 e. The molecule has 0 unspecified atom stereocenters. The zero-order chi connectivity index (χ0) is 11.9. The quantitative estimate of drug-likeness (QED) is 0.885. The van der Waals surface area contributed by atoms with E-state index in [4.69, 9.17) is 26.8 Å². The highest BCUT2D eigenvalue weighted by atomic mass is 35.5. The van der Waals surface area contributed by atoms with Crippen LogP contribution >= 0.6 is 11.6 Å². The molecule has 1 aliphatic carbocycles. The monoisotopic (exact) mass is 241 g/mol. The number of halogens is 1. The maximum absolute atomic E-state index is 6.25. The first-order chi connectivity index (χ1) is 7.53. The van der Waals surface area contributed by atoms with Gasteiger partial charge in [0.25, 0.3) is 0 Å². The highest BCUT2D eigenvalue weighted by molar-refractivity contribution is 6.33. The second kappa shape index (κ2) is 3.82. The van der Waals surface area contributed by atoms with Crippen molar-refractivity contribution in [1.29, 1.82) is 0 Å². The van der Waals surface area contributed by atoms with E-state index in [2.05, 4.69) is 0 Å². The smallest absolute Gasteiger partial charge is 0.146 e. The van der Waals surface area contributed by atoms with Crippen LogP contribution in [0.15, 0.2) is 6.07 Å². The minimum atomic E-state index is -0.258. The number of methoxy groups -OCH3 is 2. The molecular weight excluding hydrogens is 226 g/mol. The predicted octanol–water partition coefficient (Wildman–Crippen LogP) is 2.61. The number of nitrogens with two attached hydrogens (primary N) is 1. The summed E-state index contributed by atoms with van der Waals surface area (Å²) in [6.07, 6.45) is 1.96. The molecule has 0 aliphatic heterocycles. The SMILES string of the molecule is COc1c(C)cc(C2(N)CC2)c(OC)c1Cl. The van der Waals surface area contributed by atoms with E-state index in [9.17, 15) is 0 Å². The molecule has 1 aromatic carbocycles. The van der Waals surface area contributed by atoms with Gasteiger partial charge < -0.3 is 15.2 Å². The number of aryl methyl sites for hydroxylation is 1. The van der Waals surface area contributed by atoms with Crippen molar-refractivity contribution in [2.24, 2.45) is 5.73 Å². The van der Waals surface area contributed by atoms with E-state index >= 15 is 0 Å². The fourth-order valence-corrected chi connectivity index (χ4v) is 2.37. The summed E-state index contributed by atoms with van der Waals surface area (Å²) >= 11 is 6.25. The third-order valence-corrected chi connectivity index (χ3v) is 3.44. The van der Waals surface area contributed by atoms with Gasteiger partial charge in [0.1, 0.15) is 16.5 Å². The Morgan fingerprint density at radius 2 is 1.81 bits per heavy atom. The Balaban J connectivity index is 2.62. The van der Waals surface area contributed by atoms with Crippen LogP contribution in [-0.4, -0.2) is 14.2 Å². The Bertz CT molecular complexity index is 428. The van der Waals surface area contributed by atoms with Crippen molar-refractivity contribution in [1.82, 2.24) is 0 Å². The first kappa shape index (κ1) is 11.6. The molecule has 1 saturated carbocycles. The van der Waals surface area contributed by atoms with Crippen LogP contribution in [0.25, 0.3) is 0 Å². The van der Waals surface area contributed by atoms with Crippen LogP contribution in [-0.2, 0) is 5.54 Å². The standard InChI is InChI=1S/C12H16ClNO2/c1-7-6-8(12(14)4-5-12)11(16-3)9(13)10(7)15-2/h6H,4-5,14H2,1-3H3. The Morgan fingerprint density at radius 3 is 2.25 bits per heavy atom. The van der Waals surface area contributed by atoms with Gasteiger partial charge >= 0.3 is 0 Å². The van der Waals surface area contributed by atoms with Gasteiger partial charge in [0.05, 0.1) is 14.2 Å². The summed E-state index contributed by atoms with van der Waals surface area (Å²) in [4.78, 5) is 0. The Kier molecular flexibility index (Phi) is 2.76. The molecule has 88 valence electrons. The Labute approximate surface area is 100 Å². The number of rotatable bonds is 3. The van der Waals surface area contributed by atoms with Crippen LogP contribution in [0.1, 0.15) is 24.0 Å². The lowest BCUT2D eigenvalue weighted by molar-refractivity contribution is 0.386. The van der Waals surface area contributed by atoms with Gasteiger partial charge in [-0.15, -0.1) is 0 Å². The number of ether oxygens (including phenoxy) is 2. The Hall–Kier alpha value is -0.930. The van der Waals surface area contributed by atoms with Crippen LogP contribution in [0.3, 0.4) is 0 Å². The number of hydrogen-bond acceptors (Lipinski definition) is 3. The molecule has 0 saturated heterocycles. The van der Waals surface area contributed by atoms with Crippen molar-refractivity contribution >= 4 is 11.6 Å². The molecule has 0 aromatic heterocycles. The summed E-state index contributed by atoms with van der Waals surface area (Å²) in [5.74, 6) is 1.30. The molecule has 1 fully saturated rings. The summed E-state index contributed by atoms with van der Waals surface area (Å²) in [6, 6.07) is 2.01. The van der Waals surface area contributed by atoms with Crippen LogP contribution in [0.4, 0.5) is 0 Å². The maximum atomic E-state index is 6.25. The van der Waals surface area contributed by atoms with Crippen molar-refractivity contribution in [2.45, 2.75) is 25.3 Å². The van der Waals surface area contributed by atoms with Gasteiger partial charge in [-0.1, -0.05) is 11.6 Å². The second-order valence-corrected chi connectivity index (χ2v) is 4.66. The van der Waals surface area contributed by atoms with Crippen molar-refractivity contribution in [2.75, 3.05) is 14.2 Å². The highest BCUT2D eigenvalue weighted by Gasteiger charge is 2.43. The normalized spacial score (nSPS) is 17.1. The van der Waals surface area contributed by atoms with Gasteiger partial charge in [-0.25, -0.2) is 0 Å². The van der Waals surface area contributed by atoms with Gasteiger partial charge in [-0.2, -0.15) is 0 Å². The summed E-state index contributed by atoms with van der Waals surface area (Å²) in [5, 5.41) is 0.511. The third kappa shape index (κ3) is 1.64. The summed E-state index contributed by atoms with van der Waals surface area (Å²) < 4.78 is 10.6. The molecule has 16 heavy (non-hydrogen) atoms. The van der Waals surface area contributed by atoms with Crippen LogP contribution < -0.4 is 15.2 Å². The fourth-order valence-electron chi connectivity index (χ4n) is 1.97. The van der Waals surface area contributed by atoms with Crippen molar-refractivity contribution < 1.29 is 9.47 Å². The lowest BCUT2D eigenvalue weighted by atomic mass is 10.0.